The SMILES string of the molecule is CC(F)CCc1cc2c(NCc3nccs3)nc(Cl)nn2c1Cl. The van der Waals surface area contributed by atoms with Gasteiger partial charge in [-0.15, -0.1) is 16.4 Å². The molecule has 1 unspecified atom stereocenters. The second kappa shape index (κ2) is 6.98. The van der Waals surface area contributed by atoms with E-state index in [0.717, 1.165) is 10.6 Å². The Morgan fingerprint density at radius 2 is 2.26 bits per heavy atom. The molecule has 0 aliphatic carbocycles. The molecule has 0 fully saturated rings. The Labute approximate surface area is 146 Å². The molecule has 0 saturated heterocycles. The summed E-state index contributed by atoms with van der Waals surface area (Å²) in [4.78, 5) is 8.43. The lowest BCUT2D eigenvalue weighted by Gasteiger charge is -2.06. The van der Waals surface area contributed by atoms with Gasteiger partial charge in [0.05, 0.1) is 12.7 Å². The molecule has 1 N–H and O–H groups in total. The summed E-state index contributed by atoms with van der Waals surface area (Å²) in [7, 11) is 0. The van der Waals surface area contributed by atoms with Crippen LogP contribution in [0, 0.1) is 0 Å². The number of halogens is 3. The fraction of sp³-hybridized carbons (Fsp3) is 0.357. The van der Waals surface area contributed by atoms with E-state index in [1.165, 1.54) is 11.4 Å². The van der Waals surface area contributed by atoms with Crippen LogP contribution >= 0.6 is 34.5 Å². The first-order valence-electron chi connectivity index (χ1n) is 7.04. The van der Waals surface area contributed by atoms with Crippen molar-refractivity contribution in [2.75, 3.05) is 5.32 Å². The van der Waals surface area contributed by atoms with Crippen molar-refractivity contribution in [2.45, 2.75) is 32.5 Å². The summed E-state index contributed by atoms with van der Waals surface area (Å²) in [5.74, 6) is 0.571. The first kappa shape index (κ1) is 16.4. The smallest absolute Gasteiger partial charge is 0.243 e. The molecule has 0 saturated carbocycles. The molecule has 0 bridgehead atoms. The summed E-state index contributed by atoms with van der Waals surface area (Å²) in [6, 6.07) is 1.87. The summed E-state index contributed by atoms with van der Waals surface area (Å²) in [6.45, 7) is 2.06. The van der Waals surface area contributed by atoms with Crippen LogP contribution < -0.4 is 5.32 Å². The monoisotopic (exact) mass is 373 g/mol. The minimum absolute atomic E-state index is 0.0852. The second-order valence-electron chi connectivity index (χ2n) is 5.09. The average molecular weight is 374 g/mol. The maximum Gasteiger partial charge on any atom is 0.243 e. The fourth-order valence-corrected chi connectivity index (χ4v) is 3.20. The summed E-state index contributed by atoms with van der Waals surface area (Å²) >= 11 is 13.9. The highest BCUT2D eigenvalue weighted by Gasteiger charge is 2.15. The van der Waals surface area contributed by atoms with E-state index in [-0.39, 0.29) is 5.28 Å². The van der Waals surface area contributed by atoms with Crippen molar-refractivity contribution < 1.29 is 4.39 Å². The number of aromatic nitrogens is 4. The third kappa shape index (κ3) is 3.73. The summed E-state index contributed by atoms with van der Waals surface area (Å²) < 4.78 is 14.6. The second-order valence-corrected chi connectivity index (χ2v) is 6.76. The van der Waals surface area contributed by atoms with E-state index in [2.05, 4.69) is 20.4 Å². The summed E-state index contributed by atoms with van der Waals surface area (Å²) in [5, 5.41) is 10.7. The predicted octanol–water partition coefficient (Wildman–Crippen LogP) is 4.40. The Morgan fingerprint density at radius 3 is 2.96 bits per heavy atom. The third-order valence-corrected chi connectivity index (χ3v) is 4.66. The first-order valence-corrected chi connectivity index (χ1v) is 8.68. The Hall–Kier alpha value is -1.44. The summed E-state index contributed by atoms with van der Waals surface area (Å²) in [6.07, 6.45) is 1.80. The number of rotatable bonds is 6. The molecular weight excluding hydrogens is 360 g/mol. The predicted molar refractivity (Wildman–Crippen MR) is 91.3 cm³/mol. The number of anilines is 1. The van der Waals surface area contributed by atoms with Crippen molar-refractivity contribution in [3.05, 3.63) is 38.7 Å². The van der Waals surface area contributed by atoms with E-state index in [4.69, 9.17) is 23.2 Å². The van der Waals surface area contributed by atoms with Gasteiger partial charge in [-0.3, -0.25) is 0 Å². The number of aryl methyl sites for hydroxylation is 1. The normalized spacial score (nSPS) is 12.7. The molecule has 9 heteroatoms. The molecule has 0 spiro atoms. The van der Waals surface area contributed by atoms with Gasteiger partial charge in [-0.25, -0.2) is 13.9 Å². The molecule has 0 aromatic carbocycles. The van der Waals surface area contributed by atoms with Crippen LogP contribution in [0.15, 0.2) is 17.6 Å². The van der Waals surface area contributed by atoms with E-state index in [9.17, 15) is 4.39 Å². The summed E-state index contributed by atoms with van der Waals surface area (Å²) in [5.41, 5.74) is 1.53. The zero-order valence-corrected chi connectivity index (χ0v) is 14.6. The Morgan fingerprint density at radius 1 is 1.43 bits per heavy atom. The molecule has 3 heterocycles. The minimum atomic E-state index is -0.883. The number of nitrogens with one attached hydrogen (secondary N) is 1. The van der Waals surface area contributed by atoms with E-state index in [1.807, 2.05) is 11.4 Å². The molecule has 0 radical (unpaired) electrons. The van der Waals surface area contributed by atoms with Gasteiger partial charge < -0.3 is 5.32 Å². The van der Waals surface area contributed by atoms with Crippen LogP contribution in [0.4, 0.5) is 10.2 Å². The number of thiazole rings is 1. The molecule has 3 aromatic rings. The molecule has 122 valence electrons. The molecule has 0 aliphatic rings. The zero-order valence-electron chi connectivity index (χ0n) is 12.3. The molecular formula is C14H14Cl2FN5S. The van der Waals surface area contributed by atoms with Gasteiger partial charge in [0.1, 0.15) is 15.7 Å². The lowest BCUT2D eigenvalue weighted by Crippen LogP contribution is -2.05. The van der Waals surface area contributed by atoms with Crippen LogP contribution in [0.3, 0.4) is 0 Å². The Balaban J connectivity index is 1.92. The Kier molecular flexibility index (Phi) is 4.99. The number of hydrogen-bond acceptors (Lipinski definition) is 5. The van der Waals surface area contributed by atoms with Crippen LogP contribution in [-0.4, -0.2) is 25.8 Å². The van der Waals surface area contributed by atoms with Crippen molar-refractivity contribution in [3.63, 3.8) is 0 Å². The van der Waals surface area contributed by atoms with Gasteiger partial charge >= 0.3 is 0 Å². The molecule has 0 amide bonds. The van der Waals surface area contributed by atoms with Crippen LogP contribution in [0.1, 0.15) is 23.9 Å². The van der Waals surface area contributed by atoms with E-state index in [1.54, 1.807) is 17.5 Å². The van der Waals surface area contributed by atoms with Crippen molar-refractivity contribution in [3.8, 4) is 0 Å². The maximum atomic E-state index is 13.1. The van der Waals surface area contributed by atoms with Crippen molar-refractivity contribution in [2.24, 2.45) is 0 Å². The van der Waals surface area contributed by atoms with Crippen LogP contribution in [0.5, 0.6) is 0 Å². The highest BCUT2D eigenvalue weighted by Crippen LogP contribution is 2.28. The highest BCUT2D eigenvalue weighted by atomic mass is 35.5. The van der Waals surface area contributed by atoms with Gasteiger partial charge in [-0.2, -0.15) is 4.98 Å². The van der Waals surface area contributed by atoms with Crippen molar-refractivity contribution in [1.29, 1.82) is 0 Å². The largest absolute Gasteiger partial charge is 0.362 e. The van der Waals surface area contributed by atoms with Crippen molar-refractivity contribution >= 4 is 45.9 Å². The zero-order chi connectivity index (χ0) is 16.4. The lowest BCUT2D eigenvalue weighted by molar-refractivity contribution is 0.341. The van der Waals surface area contributed by atoms with Crippen LogP contribution in [0.25, 0.3) is 5.52 Å². The molecule has 0 aliphatic heterocycles. The molecule has 1 atom stereocenters. The first-order chi connectivity index (χ1) is 11.0. The van der Waals surface area contributed by atoms with E-state index in [0.29, 0.717) is 35.9 Å². The van der Waals surface area contributed by atoms with Gasteiger partial charge in [-0.05, 0) is 43.0 Å². The van der Waals surface area contributed by atoms with Crippen molar-refractivity contribution in [1.82, 2.24) is 19.6 Å². The number of hydrogen-bond donors (Lipinski definition) is 1. The topological polar surface area (TPSA) is 55.1 Å². The van der Waals surface area contributed by atoms with Gasteiger partial charge in [0.2, 0.25) is 5.28 Å². The Bertz CT molecular complexity index is 803. The number of fused-ring (bicyclic) bond motifs is 1. The molecule has 23 heavy (non-hydrogen) atoms. The minimum Gasteiger partial charge on any atom is -0.362 e. The third-order valence-electron chi connectivity index (χ3n) is 3.32. The molecule has 3 aromatic heterocycles. The maximum absolute atomic E-state index is 13.1. The van der Waals surface area contributed by atoms with Gasteiger partial charge in [-0.1, -0.05) is 11.6 Å². The quantitative estimate of drug-likeness (QED) is 0.695. The fourth-order valence-electron chi connectivity index (χ4n) is 2.21. The highest BCUT2D eigenvalue weighted by molar-refractivity contribution is 7.09. The standard InChI is InChI=1S/C14H14Cl2FN5S/c1-8(17)2-3-9-6-10-13(19-7-11-18-4-5-23-11)20-14(16)21-22(10)12(9)15/h4-6,8H,2-3,7H2,1H3,(H,19,20,21). The average Bonchev–Trinajstić information content (AvgIpc) is 3.12. The molecule has 3 rings (SSSR count). The van der Waals surface area contributed by atoms with E-state index < -0.39 is 6.17 Å². The van der Waals surface area contributed by atoms with Gasteiger partial charge in [0.15, 0.2) is 5.82 Å². The van der Waals surface area contributed by atoms with Gasteiger partial charge in [0, 0.05) is 11.6 Å². The van der Waals surface area contributed by atoms with Crippen LogP contribution in [-0.2, 0) is 13.0 Å². The molecule has 5 nitrogen and oxygen atoms in total. The lowest BCUT2D eigenvalue weighted by atomic mass is 10.1. The van der Waals surface area contributed by atoms with Gasteiger partial charge in [0.25, 0.3) is 0 Å². The van der Waals surface area contributed by atoms with E-state index >= 15 is 0 Å². The number of alkyl halides is 1. The number of nitrogens with zero attached hydrogens (tertiary/aromatic N) is 4. The van der Waals surface area contributed by atoms with Crippen LogP contribution in [0.2, 0.25) is 10.4 Å².